The standard InChI is InChI=1S/C14H19N3O4/c1-2-10-3-6-14(7-4-10,13(18)19)16-12-9-11(17(20)21)5-8-15-12/h5,8-10H,2-4,6-7H2,1H3,(H,15,16)(H,18,19). The first-order valence-corrected chi connectivity index (χ1v) is 7.09. The topological polar surface area (TPSA) is 105 Å². The van der Waals surface area contributed by atoms with Crippen LogP contribution in [-0.4, -0.2) is 26.5 Å². The summed E-state index contributed by atoms with van der Waals surface area (Å²) in [6, 6.07) is 2.56. The number of aromatic nitrogens is 1. The molecule has 1 heterocycles. The molecule has 21 heavy (non-hydrogen) atoms. The zero-order chi connectivity index (χ0) is 15.5. The van der Waals surface area contributed by atoms with Gasteiger partial charge in [-0.15, -0.1) is 0 Å². The van der Waals surface area contributed by atoms with Crippen molar-refractivity contribution in [1.29, 1.82) is 0 Å². The van der Waals surface area contributed by atoms with Gasteiger partial charge < -0.3 is 10.4 Å². The van der Waals surface area contributed by atoms with E-state index >= 15 is 0 Å². The minimum Gasteiger partial charge on any atom is -0.480 e. The van der Waals surface area contributed by atoms with Gasteiger partial charge in [-0.05, 0) is 31.6 Å². The summed E-state index contributed by atoms with van der Waals surface area (Å²) in [4.78, 5) is 25.9. The molecule has 0 aliphatic heterocycles. The third-order valence-electron chi connectivity index (χ3n) is 4.27. The number of carbonyl (C=O) groups is 1. The molecule has 2 rings (SSSR count). The number of carboxylic acid groups (broad SMARTS) is 1. The van der Waals surface area contributed by atoms with E-state index in [9.17, 15) is 20.0 Å². The van der Waals surface area contributed by atoms with Crippen molar-refractivity contribution in [2.75, 3.05) is 5.32 Å². The van der Waals surface area contributed by atoms with Crippen molar-refractivity contribution in [3.8, 4) is 0 Å². The highest BCUT2D eigenvalue weighted by Crippen LogP contribution is 2.36. The molecule has 0 spiro atoms. The molecule has 1 aromatic heterocycles. The largest absolute Gasteiger partial charge is 0.480 e. The second-order valence-corrected chi connectivity index (χ2v) is 5.52. The van der Waals surface area contributed by atoms with Crippen LogP contribution in [0.25, 0.3) is 0 Å². The molecular formula is C14H19N3O4. The molecule has 1 aliphatic rings. The maximum Gasteiger partial charge on any atom is 0.329 e. The monoisotopic (exact) mass is 293 g/mol. The third kappa shape index (κ3) is 3.29. The van der Waals surface area contributed by atoms with Crippen LogP contribution in [0.5, 0.6) is 0 Å². The van der Waals surface area contributed by atoms with E-state index in [0.29, 0.717) is 18.8 Å². The minimum absolute atomic E-state index is 0.102. The van der Waals surface area contributed by atoms with Gasteiger partial charge in [-0.1, -0.05) is 13.3 Å². The lowest BCUT2D eigenvalue weighted by Gasteiger charge is -2.37. The first-order valence-electron chi connectivity index (χ1n) is 7.09. The number of aliphatic carboxylic acids is 1. The van der Waals surface area contributed by atoms with E-state index in [1.165, 1.54) is 18.3 Å². The van der Waals surface area contributed by atoms with Crippen LogP contribution in [0.3, 0.4) is 0 Å². The van der Waals surface area contributed by atoms with Crippen molar-refractivity contribution < 1.29 is 14.8 Å². The molecule has 0 aromatic carbocycles. The summed E-state index contributed by atoms with van der Waals surface area (Å²) in [5.74, 6) is -0.135. The molecule has 1 saturated carbocycles. The zero-order valence-electron chi connectivity index (χ0n) is 11.9. The fourth-order valence-corrected chi connectivity index (χ4v) is 2.82. The summed E-state index contributed by atoms with van der Waals surface area (Å²) >= 11 is 0. The molecule has 114 valence electrons. The Morgan fingerprint density at radius 2 is 2.24 bits per heavy atom. The van der Waals surface area contributed by atoms with Gasteiger partial charge in [0, 0.05) is 12.3 Å². The van der Waals surface area contributed by atoms with E-state index in [1.807, 2.05) is 0 Å². The lowest BCUT2D eigenvalue weighted by molar-refractivity contribution is -0.384. The van der Waals surface area contributed by atoms with Gasteiger partial charge in [0.25, 0.3) is 5.69 Å². The Hall–Kier alpha value is -2.18. The molecule has 7 nitrogen and oxygen atoms in total. The second-order valence-electron chi connectivity index (χ2n) is 5.52. The van der Waals surface area contributed by atoms with Gasteiger partial charge in [-0.2, -0.15) is 0 Å². The van der Waals surface area contributed by atoms with Crippen molar-refractivity contribution in [1.82, 2.24) is 4.98 Å². The number of carboxylic acids is 1. The van der Waals surface area contributed by atoms with Crippen LogP contribution >= 0.6 is 0 Å². The van der Waals surface area contributed by atoms with Crippen molar-refractivity contribution in [3.05, 3.63) is 28.4 Å². The lowest BCUT2D eigenvalue weighted by atomic mass is 9.75. The average molecular weight is 293 g/mol. The fraction of sp³-hybridized carbons (Fsp3) is 0.571. The number of anilines is 1. The van der Waals surface area contributed by atoms with Crippen LogP contribution in [0.1, 0.15) is 39.0 Å². The maximum absolute atomic E-state index is 11.7. The van der Waals surface area contributed by atoms with Gasteiger partial charge in [0.05, 0.1) is 11.0 Å². The van der Waals surface area contributed by atoms with Crippen LogP contribution in [0.4, 0.5) is 11.5 Å². The van der Waals surface area contributed by atoms with E-state index < -0.39 is 16.4 Å². The number of hydrogen-bond acceptors (Lipinski definition) is 5. The Labute approximate surface area is 122 Å². The Kier molecular flexibility index (Phi) is 4.40. The van der Waals surface area contributed by atoms with Crippen LogP contribution in [0.15, 0.2) is 18.3 Å². The van der Waals surface area contributed by atoms with Gasteiger partial charge in [-0.3, -0.25) is 10.1 Å². The summed E-state index contributed by atoms with van der Waals surface area (Å²) in [7, 11) is 0. The van der Waals surface area contributed by atoms with Gasteiger partial charge in [0.1, 0.15) is 11.4 Å². The van der Waals surface area contributed by atoms with Crippen LogP contribution in [0.2, 0.25) is 0 Å². The van der Waals surface area contributed by atoms with E-state index in [4.69, 9.17) is 0 Å². The molecule has 1 fully saturated rings. The van der Waals surface area contributed by atoms with E-state index in [1.54, 1.807) is 0 Å². The summed E-state index contributed by atoms with van der Waals surface area (Å²) in [5, 5.41) is 23.3. The quantitative estimate of drug-likeness (QED) is 0.638. The molecule has 0 bridgehead atoms. The Morgan fingerprint density at radius 1 is 1.57 bits per heavy atom. The first kappa shape index (κ1) is 15.2. The summed E-state index contributed by atoms with van der Waals surface area (Å²) in [6.07, 6.45) is 5.05. The highest BCUT2D eigenvalue weighted by atomic mass is 16.6. The molecule has 0 radical (unpaired) electrons. The number of hydrogen-bond donors (Lipinski definition) is 2. The normalized spacial score (nSPS) is 25.3. The van der Waals surface area contributed by atoms with Crippen LogP contribution in [0, 0.1) is 16.0 Å². The van der Waals surface area contributed by atoms with E-state index in [0.717, 1.165) is 19.3 Å². The average Bonchev–Trinajstić information content (AvgIpc) is 2.48. The molecule has 0 amide bonds. The molecule has 7 heteroatoms. The number of nitrogens with one attached hydrogen (secondary N) is 1. The summed E-state index contributed by atoms with van der Waals surface area (Å²) in [6.45, 7) is 2.11. The van der Waals surface area contributed by atoms with E-state index in [-0.39, 0.29) is 11.5 Å². The third-order valence-corrected chi connectivity index (χ3v) is 4.27. The Morgan fingerprint density at radius 3 is 2.76 bits per heavy atom. The molecule has 1 aliphatic carbocycles. The van der Waals surface area contributed by atoms with Crippen molar-refractivity contribution in [3.63, 3.8) is 0 Å². The zero-order valence-corrected chi connectivity index (χ0v) is 11.9. The van der Waals surface area contributed by atoms with Crippen LogP contribution in [-0.2, 0) is 4.79 Å². The summed E-state index contributed by atoms with van der Waals surface area (Å²) in [5.41, 5.74) is -1.18. The molecule has 0 unspecified atom stereocenters. The molecular weight excluding hydrogens is 274 g/mol. The number of nitro groups is 1. The number of nitrogens with zero attached hydrogens (tertiary/aromatic N) is 2. The fourth-order valence-electron chi connectivity index (χ4n) is 2.82. The van der Waals surface area contributed by atoms with Crippen molar-refractivity contribution >= 4 is 17.5 Å². The molecule has 2 N–H and O–H groups in total. The first-order chi connectivity index (χ1) is 9.97. The van der Waals surface area contributed by atoms with Crippen molar-refractivity contribution in [2.24, 2.45) is 5.92 Å². The SMILES string of the molecule is CCC1CCC(Nc2cc([N+](=O)[O-])ccn2)(C(=O)O)CC1. The predicted octanol–water partition coefficient (Wildman–Crippen LogP) is 2.83. The number of pyridine rings is 1. The van der Waals surface area contributed by atoms with E-state index in [2.05, 4.69) is 17.2 Å². The second kappa shape index (κ2) is 6.07. The summed E-state index contributed by atoms with van der Waals surface area (Å²) < 4.78 is 0. The van der Waals surface area contributed by atoms with Gasteiger partial charge in [0.2, 0.25) is 0 Å². The van der Waals surface area contributed by atoms with Gasteiger partial charge in [0.15, 0.2) is 0 Å². The predicted molar refractivity (Wildman–Crippen MR) is 77.1 cm³/mol. The van der Waals surface area contributed by atoms with Gasteiger partial charge >= 0.3 is 5.97 Å². The molecule has 1 aromatic rings. The van der Waals surface area contributed by atoms with Crippen LogP contribution < -0.4 is 5.32 Å². The maximum atomic E-state index is 11.7. The smallest absolute Gasteiger partial charge is 0.329 e. The Bertz CT molecular complexity index is 539. The highest BCUT2D eigenvalue weighted by molar-refractivity contribution is 5.82. The van der Waals surface area contributed by atoms with Crippen molar-refractivity contribution in [2.45, 2.75) is 44.6 Å². The molecule has 0 atom stereocenters. The molecule has 0 saturated heterocycles. The highest BCUT2D eigenvalue weighted by Gasteiger charge is 2.42. The lowest BCUT2D eigenvalue weighted by Crippen LogP contribution is -2.49. The number of rotatable bonds is 5. The van der Waals surface area contributed by atoms with Gasteiger partial charge in [-0.25, -0.2) is 9.78 Å². The minimum atomic E-state index is -1.08. The Balaban J connectivity index is 2.19.